The molecule has 0 saturated heterocycles. The summed E-state index contributed by atoms with van der Waals surface area (Å²) in [6.07, 6.45) is -4.56. The molecule has 0 aliphatic heterocycles. The lowest BCUT2D eigenvalue weighted by molar-refractivity contribution is -0.137. The first-order valence-corrected chi connectivity index (χ1v) is 8.70. The fraction of sp³-hybridized carbons (Fsp3) is 0.167. The zero-order valence-electron chi connectivity index (χ0n) is 15.8. The highest BCUT2D eigenvalue weighted by molar-refractivity contribution is 5.94. The van der Waals surface area contributed by atoms with Gasteiger partial charge in [0.2, 0.25) is 17.6 Å². The van der Waals surface area contributed by atoms with Crippen molar-refractivity contribution >= 4 is 17.5 Å². The maximum atomic E-state index is 13.5. The summed E-state index contributed by atoms with van der Waals surface area (Å²) in [4.78, 5) is 24.5. The molecule has 0 aliphatic rings. The lowest BCUT2D eigenvalue weighted by atomic mass is 10.1. The predicted molar refractivity (Wildman–Crippen MR) is 96.2 cm³/mol. The predicted octanol–water partition coefficient (Wildman–Crippen LogP) is 2.53. The van der Waals surface area contributed by atoms with E-state index in [2.05, 4.69) is 20.7 Å². The summed E-state index contributed by atoms with van der Waals surface area (Å²) in [7, 11) is 0. The van der Waals surface area contributed by atoms with Crippen molar-refractivity contribution in [3.05, 3.63) is 59.4 Å². The van der Waals surface area contributed by atoms with Crippen LogP contribution in [0.1, 0.15) is 5.56 Å². The van der Waals surface area contributed by atoms with Gasteiger partial charge in [0.25, 0.3) is 0 Å². The summed E-state index contributed by atoms with van der Waals surface area (Å²) in [6, 6.07) is 5.62. The molecule has 0 spiro atoms. The lowest BCUT2D eigenvalue weighted by Gasteiger charge is -2.08. The van der Waals surface area contributed by atoms with E-state index in [1.807, 2.05) is 5.32 Å². The number of tetrazole rings is 1. The molecule has 3 rings (SSSR count). The maximum absolute atomic E-state index is 13.5. The number of anilines is 1. The van der Waals surface area contributed by atoms with Gasteiger partial charge in [0.15, 0.2) is 17.5 Å². The molecule has 1 aromatic heterocycles. The third-order valence-corrected chi connectivity index (χ3v) is 3.94. The normalized spacial score (nSPS) is 11.3. The van der Waals surface area contributed by atoms with Gasteiger partial charge in [-0.25, -0.2) is 13.2 Å². The Hall–Kier alpha value is -3.97. The number of benzene rings is 2. The number of hydrogen-bond acceptors (Lipinski definition) is 5. The summed E-state index contributed by atoms with van der Waals surface area (Å²) in [5, 5.41) is 15.1. The Morgan fingerprint density at radius 3 is 2.47 bits per heavy atom. The van der Waals surface area contributed by atoms with E-state index in [1.165, 1.54) is 12.1 Å². The van der Waals surface area contributed by atoms with E-state index in [4.69, 9.17) is 0 Å². The summed E-state index contributed by atoms with van der Waals surface area (Å²) in [5.41, 5.74) is -1.50. The molecule has 8 nitrogen and oxygen atoms in total. The van der Waals surface area contributed by atoms with E-state index in [-0.39, 0.29) is 11.4 Å². The quantitative estimate of drug-likeness (QED) is 0.437. The molecule has 3 aromatic rings. The molecular formula is C18H12F6N6O2. The van der Waals surface area contributed by atoms with E-state index in [0.717, 1.165) is 23.0 Å². The summed E-state index contributed by atoms with van der Waals surface area (Å²) in [5.74, 6) is -6.66. The van der Waals surface area contributed by atoms with Crippen LogP contribution >= 0.6 is 0 Å². The van der Waals surface area contributed by atoms with Crippen molar-refractivity contribution in [2.75, 3.05) is 11.9 Å². The van der Waals surface area contributed by atoms with Crippen LogP contribution in [0.25, 0.3) is 11.4 Å². The zero-order valence-corrected chi connectivity index (χ0v) is 15.8. The molecule has 14 heteroatoms. The summed E-state index contributed by atoms with van der Waals surface area (Å²) in [6.45, 7) is -1.18. The molecule has 0 fully saturated rings. The number of rotatable bonds is 6. The molecule has 0 bridgehead atoms. The smallest absolute Gasteiger partial charge is 0.345 e. The second-order valence-corrected chi connectivity index (χ2v) is 6.27. The Balaban J connectivity index is 1.56. The van der Waals surface area contributed by atoms with Gasteiger partial charge in [0.1, 0.15) is 6.54 Å². The second-order valence-electron chi connectivity index (χ2n) is 6.27. The maximum Gasteiger partial charge on any atom is 0.416 e. The van der Waals surface area contributed by atoms with Crippen molar-refractivity contribution in [3.8, 4) is 11.4 Å². The van der Waals surface area contributed by atoms with Gasteiger partial charge < -0.3 is 10.6 Å². The number of carbonyl (C=O) groups excluding carboxylic acids is 2. The van der Waals surface area contributed by atoms with Crippen LogP contribution in [0, 0.1) is 17.5 Å². The fourth-order valence-electron chi connectivity index (χ4n) is 2.44. The highest BCUT2D eigenvalue weighted by atomic mass is 19.4. The molecule has 32 heavy (non-hydrogen) atoms. The molecule has 1 heterocycles. The van der Waals surface area contributed by atoms with E-state index in [9.17, 15) is 35.9 Å². The molecule has 0 aliphatic carbocycles. The number of nitrogens with one attached hydrogen (secondary N) is 2. The number of alkyl halides is 3. The van der Waals surface area contributed by atoms with Crippen molar-refractivity contribution in [1.29, 1.82) is 0 Å². The Bertz CT molecular complexity index is 1160. The highest BCUT2D eigenvalue weighted by Gasteiger charge is 2.30. The Morgan fingerprint density at radius 2 is 1.75 bits per heavy atom. The van der Waals surface area contributed by atoms with Crippen LogP contribution in [0.15, 0.2) is 36.4 Å². The molecule has 0 unspecified atom stereocenters. The molecule has 2 aromatic carbocycles. The number of nitrogens with zero attached hydrogens (tertiary/aromatic N) is 4. The number of aromatic nitrogens is 4. The van der Waals surface area contributed by atoms with Crippen molar-refractivity contribution in [3.63, 3.8) is 0 Å². The average Bonchev–Trinajstić information content (AvgIpc) is 3.20. The molecule has 0 saturated carbocycles. The highest BCUT2D eigenvalue weighted by Crippen LogP contribution is 2.31. The van der Waals surface area contributed by atoms with Crippen molar-refractivity contribution in [1.82, 2.24) is 25.5 Å². The van der Waals surface area contributed by atoms with Gasteiger partial charge in [0.05, 0.1) is 17.8 Å². The largest absolute Gasteiger partial charge is 0.416 e. The third-order valence-electron chi connectivity index (χ3n) is 3.94. The van der Waals surface area contributed by atoms with Crippen molar-refractivity contribution in [2.24, 2.45) is 0 Å². The molecule has 2 amide bonds. The number of hydrogen-bond donors (Lipinski definition) is 2. The van der Waals surface area contributed by atoms with E-state index in [1.54, 1.807) is 0 Å². The standard InChI is InChI=1S/C18H12F6N6O2/c19-11-4-5-12(16(21)15(11)20)26-13(31)7-25-14(32)8-30-28-17(27-29-30)9-2-1-3-10(6-9)18(22,23)24/h1-6H,7-8H2,(H,25,32)(H,26,31). The van der Waals surface area contributed by atoms with E-state index < -0.39 is 59.8 Å². The number of carbonyl (C=O) groups is 2. The van der Waals surface area contributed by atoms with Gasteiger partial charge in [-0.15, -0.1) is 10.2 Å². The monoisotopic (exact) mass is 458 g/mol. The zero-order chi connectivity index (χ0) is 23.5. The van der Waals surface area contributed by atoms with Crippen molar-refractivity contribution in [2.45, 2.75) is 12.7 Å². The SMILES string of the molecule is O=C(Cn1nnc(-c2cccc(C(F)(F)F)c2)n1)NCC(=O)Nc1ccc(F)c(F)c1F. The van der Waals surface area contributed by atoms with Crippen LogP contribution in [0.4, 0.5) is 32.0 Å². The molecular weight excluding hydrogens is 446 g/mol. The fourth-order valence-corrected chi connectivity index (χ4v) is 2.44. The number of amides is 2. The van der Waals surface area contributed by atoms with Gasteiger partial charge in [-0.05, 0) is 29.5 Å². The van der Waals surface area contributed by atoms with E-state index >= 15 is 0 Å². The summed E-state index contributed by atoms with van der Waals surface area (Å²) < 4.78 is 78.0. The molecule has 0 atom stereocenters. The van der Waals surface area contributed by atoms with Gasteiger partial charge in [-0.2, -0.15) is 18.0 Å². The van der Waals surface area contributed by atoms with Gasteiger partial charge >= 0.3 is 6.18 Å². The van der Waals surface area contributed by atoms with E-state index in [0.29, 0.717) is 6.07 Å². The van der Waals surface area contributed by atoms with Crippen LogP contribution in [0.3, 0.4) is 0 Å². The third kappa shape index (κ3) is 5.39. The number of halogens is 6. The first-order valence-electron chi connectivity index (χ1n) is 8.70. The van der Waals surface area contributed by atoms with Crippen LogP contribution in [-0.2, 0) is 22.3 Å². The minimum absolute atomic E-state index is 0.0272. The Kier molecular flexibility index (Phi) is 6.41. The Labute approximate surface area is 175 Å². The van der Waals surface area contributed by atoms with Crippen LogP contribution < -0.4 is 10.6 Å². The first kappa shape index (κ1) is 22.7. The summed E-state index contributed by atoms with van der Waals surface area (Å²) >= 11 is 0. The molecule has 0 radical (unpaired) electrons. The topological polar surface area (TPSA) is 102 Å². The van der Waals surface area contributed by atoms with Gasteiger partial charge in [-0.1, -0.05) is 12.1 Å². The second kappa shape index (κ2) is 9.03. The minimum Gasteiger partial charge on any atom is -0.345 e. The molecule has 2 N–H and O–H groups in total. The van der Waals surface area contributed by atoms with Crippen LogP contribution in [0.5, 0.6) is 0 Å². The van der Waals surface area contributed by atoms with Gasteiger partial charge in [0, 0.05) is 5.56 Å². The van der Waals surface area contributed by atoms with Crippen molar-refractivity contribution < 1.29 is 35.9 Å². The molecule has 168 valence electrons. The minimum atomic E-state index is -4.56. The van der Waals surface area contributed by atoms with Crippen LogP contribution in [0.2, 0.25) is 0 Å². The van der Waals surface area contributed by atoms with Gasteiger partial charge in [-0.3, -0.25) is 9.59 Å². The van der Waals surface area contributed by atoms with Crippen LogP contribution in [-0.4, -0.2) is 38.6 Å². The Morgan fingerprint density at radius 1 is 1.00 bits per heavy atom. The average molecular weight is 458 g/mol. The lowest BCUT2D eigenvalue weighted by Crippen LogP contribution is -2.35. The first-order chi connectivity index (χ1) is 15.0.